The Bertz CT molecular complexity index is 421. The monoisotopic (exact) mass is 497 g/mol. The van der Waals surface area contributed by atoms with Gasteiger partial charge in [0.1, 0.15) is 5.75 Å². The minimum absolute atomic E-state index is 0. The van der Waals surface area contributed by atoms with Crippen LogP contribution in [0.25, 0.3) is 0 Å². The molecule has 0 unspecified atom stereocenters. The Labute approximate surface area is 141 Å². The second-order valence-electron chi connectivity index (χ2n) is 5.16. The van der Waals surface area contributed by atoms with Crippen LogP contribution in [-0.4, -0.2) is 16.3 Å². The maximum atomic E-state index is 10.2. The Balaban J connectivity index is 0.00000289. The summed E-state index contributed by atoms with van der Waals surface area (Å²) in [6.07, 6.45) is -0.706. The van der Waals surface area contributed by atoms with Crippen molar-refractivity contribution in [3.8, 4) is 5.75 Å². The van der Waals surface area contributed by atoms with E-state index in [-0.39, 0.29) is 23.6 Å². The molecule has 0 saturated carbocycles. The lowest BCUT2D eigenvalue weighted by Crippen LogP contribution is -2.37. The van der Waals surface area contributed by atoms with Gasteiger partial charge in [-0.25, -0.2) is 0 Å². The van der Waals surface area contributed by atoms with Crippen molar-refractivity contribution >= 4 is 57.6 Å². The Morgan fingerprint density at radius 2 is 1.72 bits per heavy atom. The molecule has 1 aromatic carbocycles. The molecule has 0 aliphatic heterocycles. The van der Waals surface area contributed by atoms with Crippen LogP contribution in [0.15, 0.2) is 12.1 Å². The van der Waals surface area contributed by atoms with Crippen molar-refractivity contribution in [3.05, 3.63) is 24.8 Å². The zero-order valence-electron chi connectivity index (χ0n) is 10.4. The number of benzene rings is 1. The number of aliphatic hydroxyl groups is 1. The van der Waals surface area contributed by atoms with E-state index >= 15 is 0 Å². The van der Waals surface area contributed by atoms with E-state index in [9.17, 15) is 10.2 Å². The first-order valence-electron chi connectivity index (χ1n) is 5.26. The van der Waals surface area contributed by atoms with Gasteiger partial charge in [0.15, 0.2) is 0 Å². The molecule has 0 aliphatic carbocycles. The molecule has 0 radical (unpaired) electrons. The lowest BCUT2D eigenvalue weighted by molar-refractivity contribution is 0.0394. The van der Waals surface area contributed by atoms with Crippen LogP contribution in [-0.2, 0) is 0 Å². The molecule has 0 spiro atoms. The molecule has 0 fully saturated rings. The summed E-state index contributed by atoms with van der Waals surface area (Å²) < 4.78 is 1.75. The number of aliphatic hydroxyl groups excluding tert-OH is 1. The highest BCUT2D eigenvalue weighted by atomic mass is 127. The third-order valence-corrected chi connectivity index (χ3v) is 4.09. The van der Waals surface area contributed by atoms with Crippen LogP contribution in [0.1, 0.15) is 32.4 Å². The normalized spacial score (nSPS) is 14.8. The number of hydrogen-bond donors (Lipinski definition) is 3. The van der Waals surface area contributed by atoms with Gasteiger partial charge in [0, 0.05) is 9.13 Å². The number of phenols is 1. The molecule has 6 heteroatoms. The van der Waals surface area contributed by atoms with E-state index in [4.69, 9.17) is 5.73 Å². The molecule has 1 rings (SSSR count). The van der Waals surface area contributed by atoms with Gasteiger partial charge in [-0.15, -0.1) is 12.4 Å². The maximum Gasteiger partial charge on any atom is 0.133 e. The maximum absolute atomic E-state index is 10.2. The molecule has 0 aliphatic rings. The quantitative estimate of drug-likeness (QED) is 0.549. The molecule has 3 nitrogen and oxygen atoms in total. The third-order valence-electron chi connectivity index (χ3n) is 2.64. The fraction of sp³-hybridized carbons (Fsp3) is 0.500. The van der Waals surface area contributed by atoms with Crippen LogP contribution in [0.3, 0.4) is 0 Å². The Kier molecular flexibility index (Phi) is 7.18. The third kappa shape index (κ3) is 4.36. The molecule has 0 heterocycles. The molecular formula is C12H18ClI2NO2. The van der Waals surface area contributed by atoms with Gasteiger partial charge in [-0.05, 0) is 62.7 Å². The SMILES string of the molecule is CC(C)(C)[C@H](O)[C@H](N)c1cc(I)cc(I)c1O.Cl. The van der Waals surface area contributed by atoms with Crippen molar-refractivity contribution in [2.24, 2.45) is 11.1 Å². The first-order chi connectivity index (χ1) is 7.64. The van der Waals surface area contributed by atoms with E-state index in [1.807, 2.05) is 32.9 Å². The van der Waals surface area contributed by atoms with Crippen LogP contribution in [0.2, 0.25) is 0 Å². The van der Waals surface area contributed by atoms with E-state index < -0.39 is 12.1 Å². The fourth-order valence-corrected chi connectivity index (χ4v) is 3.44. The Morgan fingerprint density at radius 3 is 2.17 bits per heavy atom. The molecule has 4 N–H and O–H groups in total. The van der Waals surface area contributed by atoms with Gasteiger partial charge < -0.3 is 15.9 Å². The molecule has 18 heavy (non-hydrogen) atoms. The fourth-order valence-electron chi connectivity index (χ4n) is 1.55. The summed E-state index contributed by atoms with van der Waals surface area (Å²) in [5, 5.41) is 20.2. The summed E-state index contributed by atoms with van der Waals surface area (Å²) in [5.74, 6) is 0.168. The summed E-state index contributed by atoms with van der Waals surface area (Å²) in [6, 6.07) is 3.10. The molecule has 104 valence electrons. The standard InChI is InChI=1S/C12H17I2NO2.ClH/c1-12(2,3)11(17)9(15)7-4-6(13)5-8(14)10(7)16;/h4-5,9,11,16-17H,15H2,1-3H3;1H/t9-,11-;/m1./s1. The number of nitrogens with two attached hydrogens (primary N) is 1. The van der Waals surface area contributed by atoms with Crippen molar-refractivity contribution in [2.75, 3.05) is 0 Å². The Hall–Kier alpha value is 0.690. The average molecular weight is 498 g/mol. The van der Waals surface area contributed by atoms with E-state index in [1.165, 1.54) is 0 Å². The van der Waals surface area contributed by atoms with Gasteiger partial charge in [-0.1, -0.05) is 20.8 Å². The number of rotatable bonds is 2. The van der Waals surface area contributed by atoms with Crippen molar-refractivity contribution in [1.29, 1.82) is 0 Å². The van der Waals surface area contributed by atoms with Crippen LogP contribution < -0.4 is 5.73 Å². The summed E-state index contributed by atoms with van der Waals surface area (Å²) in [6.45, 7) is 5.77. The van der Waals surface area contributed by atoms with Gasteiger partial charge >= 0.3 is 0 Å². The zero-order chi connectivity index (χ0) is 13.4. The molecule has 0 bridgehead atoms. The first kappa shape index (κ1) is 18.7. The summed E-state index contributed by atoms with van der Waals surface area (Å²) in [4.78, 5) is 0. The number of phenolic OH excluding ortho intramolecular Hbond substituents is 1. The summed E-state index contributed by atoms with van der Waals surface area (Å²) in [7, 11) is 0. The first-order valence-corrected chi connectivity index (χ1v) is 7.42. The minimum Gasteiger partial charge on any atom is -0.506 e. The number of hydrogen-bond acceptors (Lipinski definition) is 3. The molecular weight excluding hydrogens is 479 g/mol. The van der Waals surface area contributed by atoms with Crippen LogP contribution in [0, 0.1) is 12.6 Å². The predicted molar refractivity (Wildman–Crippen MR) is 93.2 cm³/mol. The van der Waals surface area contributed by atoms with Crippen molar-refractivity contribution in [2.45, 2.75) is 32.9 Å². The lowest BCUT2D eigenvalue weighted by Gasteiger charge is -2.31. The van der Waals surface area contributed by atoms with Gasteiger partial charge in [-0.2, -0.15) is 0 Å². The van der Waals surface area contributed by atoms with Crippen molar-refractivity contribution in [1.82, 2.24) is 0 Å². The molecule has 2 atom stereocenters. The highest BCUT2D eigenvalue weighted by Gasteiger charge is 2.31. The average Bonchev–Trinajstić information content (AvgIpc) is 2.20. The molecule has 1 aromatic rings. The minimum atomic E-state index is -0.706. The van der Waals surface area contributed by atoms with Crippen LogP contribution >= 0.6 is 57.6 Å². The van der Waals surface area contributed by atoms with E-state index in [0.717, 1.165) is 7.14 Å². The summed E-state index contributed by atoms with van der Waals surface area (Å²) >= 11 is 4.23. The molecule has 0 aromatic heterocycles. The Morgan fingerprint density at radius 1 is 1.22 bits per heavy atom. The topological polar surface area (TPSA) is 66.5 Å². The van der Waals surface area contributed by atoms with Gasteiger partial charge in [-0.3, -0.25) is 0 Å². The lowest BCUT2D eigenvalue weighted by atomic mass is 9.82. The van der Waals surface area contributed by atoms with E-state index in [0.29, 0.717) is 5.56 Å². The van der Waals surface area contributed by atoms with E-state index in [1.54, 1.807) is 0 Å². The number of halogens is 3. The van der Waals surface area contributed by atoms with Crippen LogP contribution in [0.5, 0.6) is 5.75 Å². The molecule has 0 amide bonds. The second-order valence-corrected chi connectivity index (χ2v) is 7.57. The van der Waals surface area contributed by atoms with Crippen LogP contribution in [0.4, 0.5) is 0 Å². The van der Waals surface area contributed by atoms with E-state index in [2.05, 4.69) is 45.2 Å². The van der Waals surface area contributed by atoms with Gasteiger partial charge in [0.05, 0.1) is 15.7 Å². The number of aromatic hydroxyl groups is 1. The summed E-state index contributed by atoms with van der Waals surface area (Å²) in [5.41, 5.74) is 6.33. The van der Waals surface area contributed by atoms with Gasteiger partial charge in [0.2, 0.25) is 0 Å². The van der Waals surface area contributed by atoms with Crippen molar-refractivity contribution in [3.63, 3.8) is 0 Å². The highest BCUT2D eigenvalue weighted by molar-refractivity contribution is 14.1. The van der Waals surface area contributed by atoms with Crippen molar-refractivity contribution < 1.29 is 10.2 Å². The highest BCUT2D eigenvalue weighted by Crippen LogP contribution is 2.35. The smallest absolute Gasteiger partial charge is 0.133 e. The largest absolute Gasteiger partial charge is 0.506 e. The molecule has 0 saturated heterocycles. The second kappa shape index (κ2) is 6.92. The predicted octanol–water partition coefficient (Wildman–Crippen LogP) is 3.43. The zero-order valence-corrected chi connectivity index (χ0v) is 15.6. The van der Waals surface area contributed by atoms with Gasteiger partial charge in [0.25, 0.3) is 0 Å².